The van der Waals surface area contributed by atoms with Crippen LogP contribution in [0.3, 0.4) is 0 Å². The normalized spacial score (nSPS) is 12.4. The van der Waals surface area contributed by atoms with Crippen LogP contribution in [0.5, 0.6) is 0 Å². The van der Waals surface area contributed by atoms with Crippen molar-refractivity contribution in [1.29, 1.82) is 0 Å². The van der Waals surface area contributed by atoms with Gasteiger partial charge in [0.1, 0.15) is 0 Å². The smallest absolute Gasteiger partial charge is 0.0582 e. The highest BCUT2D eigenvalue weighted by molar-refractivity contribution is 5.43. The van der Waals surface area contributed by atoms with Crippen LogP contribution in [0.1, 0.15) is 47.7 Å². The van der Waals surface area contributed by atoms with Gasteiger partial charge in [0.05, 0.1) is 6.04 Å². The molecule has 1 nitrogen and oxygen atoms in total. The molecule has 0 aliphatic carbocycles. The third kappa shape index (κ3) is 2.94. The maximum Gasteiger partial charge on any atom is 0.0582 e. The second-order valence-electron chi connectivity index (χ2n) is 5.33. The fourth-order valence-corrected chi connectivity index (χ4v) is 2.82. The molecule has 0 amide bonds. The van der Waals surface area contributed by atoms with Gasteiger partial charge in [0, 0.05) is 0 Å². The summed E-state index contributed by atoms with van der Waals surface area (Å²) >= 11 is 0. The maximum absolute atomic E-state index is 3.66. The van der Waals surface area contributed by atoms with Crippen LogP contribution < -0.4 is 5.32 Å². The van der Waals surface area contributed by atoms with Gasteiger partial charge in [0.2, 0.25) is 0 Å². The summed E-state index contributed by atoms with van der Waals surface area (Å²) in [5.74, 6) is 0. The van der Waals surface area contributed by atoms with Crippen LogP contribution in [0.4, 0.5) is 0 Å². The zero-order chi connectivity index (χ0) is 14.5. The zero-order valence-electron chi connectivity index (χ0n) is 13.0. The molecule has 0 saturated heterocycles. The van der Waals surface area contributed by atoms with Crippen molar-refractivity contribution < 1.29 is 0 Å². The van der Waals surface area contributed by atoms with Gasteiger partial charge >= 0.3 is 0 Å². The van der Waals surface area contributed by atoms with Gasteiger partial charge < -0.3 is 5.32 Å². The first-order chi connectivity index (χ1) is 9.69. The Bertz CT molecular complexity index is 572. The highest BCUT2D eigenvalue weighted by Crippen LogP contribution is 2.29. The first-order valence-corrected chi connectivity index (χ1v) is 7.56. The summed E-state index contributed by atoms with van der Waals surface area (Å²) in [5.41, 5.74) is 6.99. The van der Waals surface area contributed by atoms with Crippen molar-refractivity contribution in [1.82, 2.24) is 5.32 Å². The van der Waals surface area contributed by atoms with E-state index in [-0.39, 0.29) is 6.04 Å². The Labute approximate surface area is 123 Å². The second-order valence-corrected chi connectivity index (χ2v) is 5.33. The molecule has 0 fully saturated rings. The molecule has 0 saturated carbocycles. The topological polar surface area (TPSA) is 12.0 Å². The molecule has 0 radical (unpaired) electrons. The fraction of sp³-hybridized carbons (Fsp3) is 0.368. The van der Waals surface area contributed by atoms with Crippen molar-refractivity contribution in [3.05, 3.63) is 70.3 Å². The largest absolute Gasteiger partial charge is 0.307 e. The monoisotopic (exact) mass is 267 g/mol. The van der Waals surface area contributed by atoms with Crippen LogP contribution in [0.2, 0.25) is 0 Å². The average molecular weight is 267 g/mol. The molecule has 1 unspecified atom stereocenters. The minimum atomic E-state index is 0.288. The van der Waals surface area contributed by atoms with E-state index in [2.05, 4.69) is 75.5 Å². The molecule has 2 rings (SSSR count). The Hall–Kier alpha value is -1.60. The van der Waals surface area contributed by atoms with Crippen molar-refractivity contribution in [2.24, 2.45) is 0 Å². The molecule has 2 aromatic carbocycles. The average Bonchev–Trinajstić information content (AvgIpc) is 2.48. The molecule has 1 atom stereocenters. The summed E-state index contributed by atoms with van der Waals surface area (Å²) < 4.78 is 0. The van der Waals surface area contributed by atoms with Gasteiger partial charge in [-0.25, -0.2) is 0 Å². The zero-order valence-corrected chi connectivity index (χ0v) is 13.0. The third-order valence-corrected chi connectivity index (χ3v) is 4.11. The van der Waals surface area contributed by atoms with Crippen LogP contribution in [0.25, 0.3) is 0 Å². The first-order valence-electron chi connectivity index (χ1n) is 7.56. The van der Waals surface area contributed by atoms with Crippen molar-refractivity contribution in [3.8, 4) is 0 Å². The van der Waals surface area contributed by atoms with E-state index in [9.17, 15) is 0 Å². The first kappa shape index (κ1) is 14.8. The van der Waals surface area contributed by atoms with E-state index >= 15 is 0 Å². The number of rotatable bonds is 5. The fourth-order valence-electron chi connectivity index (χ4n) is 2.82. The predicted octanol–water partition coefficient (Wildman–Crippen LogP) is 4.56. The maximum atomic E-state index is 3.66. The molecule has 0 aliphatic heterocycles. The molecule has 0 heterocycles. The quantitative estimate of drug-likeness (QED) is 0.837. The minimum absolute atomic E-state index is 0.288. The van der Waals surface area contributed by atoms with Crippen molar-refractivity contribution >= 4 is 0 Å². The lowest BCUT2D eigenvalue weighted by Crippen LogP contribution is -2.24. The molecule has 20 heavy (non-hydrogen) atoms. The lowest BCUT2D eigenvalue weighted by molar-refractivity contribution is 0.622. The lowest BCUT2D eigenvalue weighted by Gasteiger charge is -2.24. The molecule has 2 aromatic rings. The summed E-state index contributed by atoms with van der Waals surface area (Å²) in [5, 5.41) is 3.66. The summed E-state index contributed by atoms with van der Waals surface area (Å²) in [4.78, 5) is 0. The molecule has 1 N–H and O–H groups in total. The lowest BCUT2D eigenvalue weighted by atomic mass is 9.89. The summed E-state index contributed by atoms with van der Waals surface area (Å²) in [6.45, 7) is 9.78. The molecule has 106 valence electrons. The van der Waals surface area contributed by atoms with Crippen molar-refractivity contribution in [2.75, 3.05) is 6.54 Å². The van der Waals surface area contributed by atoms with E-state index in [0.717, 1.165) is 13.0 Å². The number of hydrogen-bond acceptors (Lipinski definition) is 1. The van der Waals surface area contributed by atoms with E-state index in [1.54, 1.807) is 0 Å². The SMILES string of the molecule is CCNC(c1ccccc1CC)c1cccc(C)c1C. The molecule has 0 aliphatic rings. The van der Waals surface area contributed by atoms with Crippen LogP contribution in [0.15, 0.2) is 42.5 Å². The highest BCUT2D eigenvalue weighted by Gasteiger charge is 2.17. The van der Waals surface area contributed by atoms with Gasteiger partial charge in [-0.05, 0) is 54.6 Å². The Balaban J connectivity index is 2.53. The predicted molar refractivity (Wildman–Crippen MR) is 87.3 cm³/mol. The van der Waals surface area contributed by atoms with Gasteiger partial charge in [-0.15, -0.1) is 0 Å². The number of benzene rings is 2. The molecule has 0 bridgehead atoms. The Morgan fingerprint density at radius 2 is 1.60 bits per heavy atom. The summed E-state index contributed by atoms with van der Waals surface area (Å²) in [7, 11) is 0. The molecular weight excluding hydrogens is 242 g/mol. The van der Waals surface area contributed by atoms with E-state index in [0.29, 0.717) is 0 Å². The van der Waals surface area contributed by atoms with Crippen LogP contribution in [-0.4, -0.2) is 6.54 Å². The van der Waals surface area contributed by atoms with Crippen LogP contribution >= 0.6 is 0 Å². The van der Waals surface area contributed by atoms with Gasteiger partial charge in [0.25, 0.3) is 0 Å². The molecule has 1 heteroatoms. The van der Waals surface area contributed by atoms with E-state index in [1.807, 2.05) is 0 Å². The second kappa shape index (κ2) is 6.71. The van der Waals surface area contributed by atoms with Crippen LogP contribution in [-0.2, 0) is 6.42 Å². The third-order valence-electron chi connectivity index (χ3n) is 4.11. The molecule has 0 aromatic heterocycles. The number of aryl methyl sites for hydroxylation is 2. The summed E-state index contributed by atoms with van der Waals surface area (Å²) in [6, 6.07) is 15.7. The van der Waals surface area contributed by atoms with E-state index in [4.69, 9.17) is 0 Å². The van der Waals surface area contributed by atoms with E-state index in [1.165, 1.54) is 27.8 Å². The van der Waals surface area contributed by atoms with Gasteiger partial charge in [0.15, 0.2) is 0 Å². The number of nitrogens with one attached hydrogen (secondary N) is 1. The summed E-state index contributed by atoms with van der Waals surface area (Å²) in [6.07, 6.45) is 1.07. The van der Waals surface area contributed by atoms with Gasteiger partial charge in [-0.2, -0.15) is 0 Å². The standard InChI is InChI=1S/C19H25N/c1-5-16-11-7-8-12-18(16)19(20-6-2)17-13-9-10-14(3)15(17)4/h7-13,19-20H,5-6H2,1-4H3. The Kier molecular flexibility index (Phi) is 4.97. The van der Waals surface area contributed by atoms with Crippen molar-refractivity contribution in [2.45, 2.75) is 40.2 Å². The van der Waals surface area contributed by atoms with Gasteiger partial charge in [-0.3, -0.25) is 0 Å². The minimum Gasteiger partial charge on any atom is -0.307 e. The molecular formula is C19H25N. The number of hydrogen-bond donors (Lipinski definition) is 1. The van der Waals surface area contributed by atoms with Crippen LogP contribution in [0, 0.1) is 13.8 Å². The van der Waals surface area contributed by atoms with E-state index < -0.39 is 0 Å². The highest BCUT2D eigenvalue weighted by atomic mass is 14.9. The van der Waals surface area contributed by atoms with Gasteiger partial charge in [-0.1, -0.05) is 56.3 Å². The molecule has 0 spiro atoms. The Morgan fingerprint density at radius 1 is 0.900 bits per heavy atom. The Morgan fingerprint density at radius 3 is 2.30 bits per heavy atom. The van der Waals surface area contributed by atoms with Crippen molar-refractivity contribution in [3.63, 3.8) is 0 Å².